The van der Waals surface area contributed by atoms with Crippen molar-refractivity contribution in [2.24, 2.45) is 10.9 Å². The topological polar surface area (TPSA) is 86.3 Å². The number of nitrogens with zero attached hydrogens (tertiary/aromatic N) is 1. The Morgan fingerprint density at radius 1 is 0.955 bits per heavy atom. The fraction of sp³-hybridized carbons (Fsp3) is 0.188. The molecular weight excluding hydrogens is 284 g/mol. The summed E-state index contributed by atoms with van der Waals surface area (Å²) in [6.45, 7) is 0. The van der Waals surface area contributed by atoms with Crippen molar-refractivity contribution in [3.05, 3.63) is 47.5 Å². The first kappa shape index (κ1) is 15.5. The van der Waals surface area contributed by atoms with Crippen molar-refractivity contribution in [1.82, 2.24) is 0 Å². The van der Waals surface area contributed by atoms with Gasteiger partial charge in [0, 0.05) is 17.7 Å². The number of hydrogen-bond acceptors (Lipinski definition) is 6. The highest BCUT2D eigenvalue weighted by molar-refractivity contribution is 6.16. The van der Waals surface area contributed by atoms with Crippen LogP contribution < -0.4 is 20.1 Å². The molecule has 0 saturated heterocycles. The Kier molecular flexibility index (Phi) is 4.73. The first-order valence-electron chi connectivity index (χ1n) is 6.52. The lowest BCUT2D eigenvalue weighted by Crippen LogP contribution is -2.09. The highest BCUT2D eigenvalue weighted by Gasteiger charge is 2.19. The summed E-state index contributed by atoms with van der Waals surface area (Å²) in [5.41, 5.74) is 1.53. The summed E-state index contributed by atoms with van der Waals surface area (Å²) in [6, 6.07) is 10.3. The van der Waals surface area contributed by atoms with Gasteiger partial charge in [0.05, 0.1) is 26.9 Å². The molecule has 22 heavy (non-hydrogen) atoms. The van der Waals surface area contributed by atoms with E-state index >= 15 is 0 Å². The van der Waals surface area contributed by atoms with E-state index in [-0.39, 0.29) is 5.75 Å². The predicted octanol–water partition coefficient (Wildman–Crippen LogP) is 2.13. The molecule has 6 heteroatoms. The van der Waals surface area contributed by atoms with E-state index in [1.165, 1.54) is 20.3 Å². The summed E-state index contributed by atoms with van der Waals surface area (Å²) in [6.07, 6.45) is 0. The van der Waals surface area contributed by atoms with E-state index in [0.717, 1.165) is 5.56 Å². The Balaban J connectivity index is 2.55. The van der Waals surface area contributed by atoms with Crippen LogP contribution in [0.2, 0.25) is 0 Å². The van der Waals surface area contributed by atoms with Crippen LogP contribution in [0, 0.1) is 0 Å². The molecule has 0 aromatic heterocycles. The van der Waals surface area contributed by atoms with Gasteiger partial charge >= 0.3 is 0 Å². The van der Waals surface area contributed by atoms with Gasteiger partial charge in [0.15, 0.2) is 0 Å². The van der Waals surface area contributed by atoms with Crippen molar-refractivity contribution in [2.75, 3.05) is 21.3 Å². The van der Waals surface area contributed by atoms with Crippen LogP contribution in [0.4, 0.5) is 0 Å². The smallest absolute Gasteiger partial charge is 0.135 e. The lowest BCUT2D eigenvalue weighted by Gasteiger charge is -2.14. The van der Waals surface area contributed by atoms with Gasteiger partial charge < -0.3 is 25.2 Å². The number of phenolic OH excluding ortho intramolecular Hbond substituents is 1. The molecule has 2 aromatic carbocycles. The highest BCUT2D eigenvalue weighted by Crippen LogP contribution is 2.35. The van der Waals surface area contributed by atoms with Gasteiger partial charge in [0.25, 0.3) is 0 Å². The van der Waals surface area contributed by atoms with Gasteiger partial charge in [-0.05, 0) is 24.3 Å². The monoisotopic (exact) mass is 302 g/mol. The molecule has 0 atom stereocenters. The SMILES string of the molecule is COc1ccc(/C(=N\N)c2c(O)cc(OC)cc2OC)cc1. The molecule has 0 aliphatic heterocycles. The van der Waals surface area contributed by atoms with E-state index in [4.69, 9.17) is 20.1 Å². The van der Waals surface area contributed by atoms with E-state index in [9.17, 15) is 5.11 Å². The summed E-state index contributed by atoms with van der Waals surface area (Å²) in [5.74, 6) is 7.10. The van der Waals surface area contributed by atoms with Crippen molar-refractivity contribution in [3.63, 3.8) is 0 Å². The highest BCUT2D eigenvalue weighted by atomic mass is 16.5. The molecule has 2 aromatic rings. The Bertz CT molecular complexity index is 681. The Hall–Kier alpha value is -2.89. The predicted molar refractivity (Wildman–Crippen MR) is 84.0 cm³/mol. The fourth-order valence-corrected chi connectivity index (χ4v) is 2.13. The van der Waals surface area contributed by atoms with Gasteiger partial charge in [-0.1, -0.05) is 0 Å². The van der Waals surface area contributed by atoms with E-state index in [0.29, 0.717) is 28.5 Å². The maximum absolute atomic E-state index is 10.3. The van der Waals surface area contributed by atoms with Crippen LogP contribution in [-0.4, -0.2) is 32.1 Å². The van der Waals surface area contributed by atoms with Gasteiger partial charge in [-0.15, -0.1) is 0 Å². The van der Waals surface area contributed by atoms with Crippen LogP contribution >= 0.6 is 0 Å². The van der Waals surface area contributed by atoms with Crippen molar-refractivity contribution >= 4 is 5.71 Å². The van der Waals surface area contributed by atoms with Crippen molar-refractivity contribution in [1.29, 1.82) is 0 Å². The van der Waals surface area contributed by atoms with Crippen LogP contribution in [0.5, 0.6) is 23.0 Å². The van der Waals surface area contributed by atoms with Crippen molar-refractivity contribution in [2.45, 2.75) is 0 Å². The Morgan fingerprint density at radius 3 is 2.09 bits per heavy atom. The number of benzene rings is 2. The molecule has 0 aliphatic rings. The second-order valence-electron chi connectivity index (χ2n) is 4.43. The van der Waals surface area contributed by atoms with Crippen molar-refractivity contribution in [3.8, 4) is 23.0 Å². The fourth-order valence-electron chi connectivity index (χ4n) is 2.13. The number of nitrogens with two attached hydrogens (primary N) is 1. The summed E-state index contributed by atoms with van der Waals surface area (Å²) in [7, 11) is 4.60. The lowest BCUT2D eigenvalue weighted by molar-refractivity contribution is 0.384. The Morgan fingerprint density at radius 2 is 1.59 bits per heavy atom. The van der Waals surface area contributed by atoms with E-state index in [1.54, 1.807) is 37.4 Å². The van der Waals surface area contributed by atoms with Crippen LogP contribution in [-0.2, 0) is 0 Å². The third kappa shape index (κ3) is 2.90. The summed E-state index contributed by atoms with van der Waals surface area (Å²) < 4.78 is 15.6. The van der Waals surface area contributed by atoms with Gasteiger partial charge in [-0.25, -0.2) is 0 Å². The average Bonchev–Trinajstić information content (AvgIpc) is 2.57. The lowest BCUT2D eigenvalue weighted by atomic mass is 10.00. The maximum Gasteiger partial charge on any atom is 0.135 e. The average molecular weight is 302 g/mol. The standard InChI is InChI=1S/C16H18N2O4/c1-20-11-6-4-10(5-7-11)16(18-17)15-13(19)8-12(21-2)9-14(15)22-3/h4-9,19H,17H2,1-3H3/b18-16+. The largest absolute Gasteiger partial charge is 0.507 e. The molecule has 0 amide bonds. The molecule has 0 fully saturated rings. The molecular formula is C16H18N2O4. The van der Waals surface area contributed by atoms with Crippen LogP contribution in [0.3, 0.4) is 0 Å². The zero-order valence-corrected chi connectivity index (χ0v) is 12.7. The second kappa shape index (κ2) is 6.71. The van der Waals surface area contributed by atoms with E-state index < -0.39 is 0 Å². The van der Waals surface area contributed by atoms with Crippen LogP contribution in [0.1, 0.15) is 11.1 Å². The molecule has 116 valence electrons. The van der Waals surface area contributed by atoms with Crippen LogP contribution in [0.25, 0.3) is 0 Å². The zero-order chi connectivity index (χ0) is 16.1. The minimum Gasteiger partial charge on any atom is -0.507 e. The number of rotatable bonds is 5. The third-order valence-electron chi connectivity index (χ3n) is 3.24. The normalized spacial score (nSPS) is 11.1. The van der Waals surface area contributed by atoms with E-state index in [1.807, 2.05) is 0 Å². The Labute approximate surface area is 128 Å². The molecule has 0 bridgehead atoms. The number of phenols is 1. The summed E-state index contributed by atoms with van der Waals surface area (Å²) in [4.78, 5) is 0. The summed E-state index contributed by atoms with van der Waals surface area (Å²) >= 11 is 0. The first-order chi connectivity index (χ1) is 10.6. The third-order valence-corrected chi connectivity index (χ3v) is 3.24. The molecule has 0 heterocycles. The zero-order valence-electron chi connectivity index (χ0n) is 12.7. The molecule has 0 radical (unpaired) electrons. The molecule has 0 unspecified atom stereocenters. The molecule has 0 aliphatic carbocycles. The molecule has 0 saturated carbocycles. The van der Waals surface area contributed by atoms with Gasteiger partial charge in [-0.3, -0.25) is 0 Å². The molecule has 2 rings (SSSR count). The van der Waals surface area contributed by atoms with Crippen molar-refractivity contribution < 1.29 is 19.3 Å². The molecule has 6 nitrogen and oxygen atoms in total. The minimum absolute atomic E-state index is 0.0313. The number of hydrazone groups is 1. The second-order valence-corrected chi connectivity index (χ2v) is 4.43. The van der Waals surface area contributed by atoms with Gasteiger partial charge in [0.2, 0.25) is 0 Å². The summed E-state index contributed by atoms with van der Waals surface area (Å²) in [5, 5.41) is 14.1. The molecule has 0 spiro atoms. The van der Waals surface area contributed by atoms with Gasteiger partial charge in [0.1, 0.15) is 28.7 Å². The van der Waals surface area contributed by atoms with Gasteiger partial charge in [-0.2, -0.15) is 5.10 Å². The number of methoxy groups -OCH3 is 3. The van der Waals surface area contributed by atoms with E-state index in [2.05, 4.69) is 5.10 Å². The molecule has 3 N–H and O–H groups in total. The number of ether oxygens (including phenoxy) is 3. The number of aromatic hydroxyl groups is 1. The minimum atomic E-state index is -0.0313. The maximum atomic E-state index is 10.3. The van der Waals surface area contributed by atoms with Crippen LogP contribution in [0.15, 0.2) is 41.5 Å². The first-order valence-corrected chi connectivity index (χ1v) is 6.52. The quantitative estimate of drug-likeness (QED) is 0.502. The number of hydrogen-bond donors (Lipinski definition) is 2.